The first-order chi connectivity index (χ1) is 12.1. The zero-order valence-corrected chi connectivity index (χ0v) is 14.9. The summed E-state index contributed by atoms with van der Waals surface area (Å²) in [6, 6.07) is 3.74. The van der Waals surface area contributed by atoms with Crippen molar-refractivity contribution < 1.29 is 4.79 Å². The first-order valence-electron chi connectivity index (χ1n) is 8.97. The number of hydrogen-bond acceptors (Lipinski definition) is 5. The number of pyridine rings is 1. The van der Waals surface area contributed by atoms with Crippen molar-refractivity contribution in [2.45, 2.75) is 45.8 Å². The third kappa shape index (κ3) is 3.04. The minimum atomic E-state index is -0.365. The summed E-state index contributed by atoms with van der Waals surface area (Å²) in [6.07, 6.45) is 4.05. The first-order valence-corrected chi connectivity index (χ1v) is 8.97. The Bertz CT molecular complexity index is 762. The summed E-state index contributed by atoms with van der Waals surface area (Å²) in [7, 11) is 0. The molecule has 2 aliphatic heterocycles. The highest BCUT2D eigenvalue weighted by Gasteiger charge is 2.39. The monoisotopic (exact) mass is 340 g/mol. The molecule has 0 saturated carbocycles. The van der Waals surface area contributed by atoms with Crippen LogP contribution in [0.3, 0.4) is 0 Å². The SMILES string of the molecule is Cc1ccc(CN2CCn3c(C)nnc3C2C(=O)N2CCCC2)nc1. The van der Waals surface area contributed by atoms with E-state index in [1.54, 1.807) is 0 Å². The molecule has 1 amide bonds. The molecule has 0 N–H and O–H groups in total. The highest BCUT2D eigenvalue weighted by atomic mass is 16.2. The van der Waals surface area contributed by atoms with Gasteiger partial charge in [0.25, 0.3) is 0 Å². The minimum absolute atomic E-state index is 0.151. The Morgan fingerprint density at radius 2 is 1.92 bits per heavy atom. The summed E-state index contributed by atoms with van der Waals surface area (Å²) < 4.78 is 2.08. The molecule has 1 unspecified atom stereocenters. The lowest BCUT2D eigenvalue weighted by molar-refractivity contribution is -0.137. The summed E-state index contributed by atoms with van der Waals surface area (Å²) in [5.41, 5.74) is 2.12. The van der Waals surface area contributed by atoms with E-state index in [-0.39, 0.29) is 11.9 Å². The minimum Gasteiger partial charge on any atom is -0.341 e. The normalized spacial score (nSPS) is 20.7. The molecule has 0 aromatic carbocycles. The summed E-state index contributed by atoms with van der Waals surface area (Å²) in [5, 5.41) is 8.55. The van der Waals surface area contributed by atoms with Crippen LogP contribution in [0.15, 0.2) is 18.3 Å². The van der Waals surface area contributed by atoms with Crippen LogP contribution in [0.4, 0.5) is 0 Å². The number of carbonyl (C=O) groups is 1. The van der Waals surface area contributed by atoms with Crippen LogP contribution in [-0.4, -0.2) is 55.1 Å². The molecule has 2 aromatic rings. The standard InChI is InChI=1S/C18H24N6O/c1-13-5-6-15(19-11-13)12-23-9-10-24-14(2)20-21-17(24)16(23)18(25)22-7-3-4-8-22/h5-6,11,16H,3-4,7-10,12H2,1-2H3. The fourth-order valence-corrected chi connectivity index (χ4v) is 3.74. The lowest BCUT2D eigenvalue weighted by Gasteiger charge is -2.36. The predicted octanol–water partition coefficient (Wildman–Crippen LogP) is 1.47. The number of likely N-dealkylation sites (tertiary alicyclic amines) is 1. The lowest BCUT2D eigenvalue weighted by Crippen LogP contribution is -2.47. The molecular weight excluding hydrogens is 316 g/mol. The van der Waals surface area contributed by atoms with Crippen molar-refractivity contribution in [1.82, 2.24) is 29.5 Å². The molecule has 2 aromatic heterocycles. The maximum Gasteiger partial charge on any atom is 0.247 e. The number of hydrogen-bond donors (Lipinski definition) is 0. The van der Waals surface area contributed by atoms with Gasteiger partial charge in [-0.3, -0.25) is 14.7 Å². The van der Waals surface area contributed by atoms with E-state index < -0.39 is 0 Å². The summed E-state index contributed by atoms with van der Waals surface area (Å²) in [5.74, 6) is 1.80. The molecule has 0 spiro atoms. The second kappa shape index (κ2) is 6.55. The van der Waals surface area contributed by atoms with Gasteiger partial charge in [0.15, 0.2) is 11.9 Å². The highest BCUT2D eigenvalue weighted by molar-refractivity contribution is 5.83. The Labute approximate surface area is 147 Å². The van der Waals surface area contributed by atoms with Crippen molar-refractivity contribution >= 4 is 5.91 Å². The van der Waals surface area contributed by atoms with Crippen LogP contribution in [0.1, 0.15) is 41.8 Å². The number of aromatic nitrogens is 4. The topological polar surface area (TPSA) is 67.2 Å². The predicted molar refractivity (Wildman–Crippen MR) is 92.7 cm³/mol. The largest absolute Gasteiger partial charge is 0.341 e. The van der Waals surface area contributed by atoms with Crippen molar-refractivity contribution in [3.63, 3.8) is 0 Å². The van der Waals surface area contributed by atoms with E-state index in [1.165, 1.54) is 0 Å². The molecule has 0 aliphatic carbocycles. The smallest absolute Gasteiger partial charge is 0.247 e. The van der Waals surface area contributed by atoms with Gasteiger partial charge in [0.1, 0.15) is 5.82 Å². The van der Waals surface area contributed by atoms with Crippen molar-refractivity contribution in [3.05, 3.63) is 41.2 Å². The molecular formula is C18H24N6O. The summed E-state index contributed by atoms with van der Waals surface area (Å²) >= 11 is 0. The summed E-state index contributed by atoms with van der Waals surface area (Å²) in [6.45, 7) is 7.93. The molecule has 7 heteroatoms. The van der Waals surface area contributed by atoms with Gasteiger partial charge >= 0.3 is 0 Å². The van der Waals surface area contributed by atoms with Crippen molar-refractivity contribution in [2.24, 2.45) is 0 Å². The zero-order valence-electron chi connectivity index (χ0n) is 14.9. The highest BCUT2D eigenvalue weighted by Crippen LogP contribution is 2.29. The Balaban J connectivity index is 1.64. The maximum atomic E-state index is 13.2. The van der Waals surface area contributed by atoms with Crippen LogP contribution < -0.4 is 0 Å². The Morgan fingerprint density at radius 1 is 1.12 bits per heavy atom. The molecule has 0 radical (unpaired) electrons. The maximum absolute atomic E-state index is 13.2. The second-order valence-corrected chi connectivity index (χ2v) is 6.99. The van der Waals surface area contributed by atoms with Crippen molar-refractivity contribution in [2.75, 3.05) is 19.6 Å². The average molecular weight is 340 g/mol. The molecule has 1 fully saturated rings. The zero-order chi connectivity index (χ0) is 17.4. The van der Waals surface area contributed by atoms with Gasteiger partial charge in [0, 0.05) is 38.9 Å². The Hall–Kier alpha value is -2.28. The van der Waals surface area contributed by atoms with E-state index in [4.69, 9.17) is 0 Å². The molecule has 1 saturated heterocycles. The number of rotatable bonds is 3. The number of nitrogens with zero attached hydrogens (tertiary/aromatic N) is 6. The molecule has 4 heterocycles. The summed E-state index contributed by atoms with van der Waals surface area (Å²) in [4.78, 5) is 21.9. The van der Waals surface area contributed by atoms with E-state index in [0.717, 1.165) is 61.9 Å². The van der Waals surface area contributed by atoms with Crippen molar-refractivity contribution in [3.8, 4) is 0 Å². The van der Waals surface area contributed by atoms with Gasteiger partial charge in [-0.2, -0.15) is 0 Å². The van der Waals surface area contributed by atoms with Crippen LogP contribution in [0, 0.1) is 13.8 Å². The fourth-order valence-electron chi connectivity index (χ4n) is 3.74. The van der Waals surface area contributed by atoms with Gasteiger partial charge in [-0.05, 0) is 38.3 Å². The van der Waals surface area contributed by atoms with E-state index >= 15 is 0 Å². The molecule has 132 valence electrons. The van der Waals surface area contributed by atoms with Gasteiger partial charge in [0.2, 0.25) is 5.91 Å². The average Bonchev–Trinajstić information content (AvgIpc) is 3.27. The number of aryl methyl sites for hydroxylation is 2. The van der Waals surface area contributed by atoms with Crippen LogP contribution in [0.25, 0.3) is 0 Å². The van der Waals surface area contributed by atoms with E-state index in [2.05, 4.69) is 30.7 Å². The fraction of sp³-hybridized carbons (Fsp3) is 0.556. The van der Waals surface area contributed by atoms with E-state index in [1.807, 2.05) is 31.0 Å². The molecule has 25 heavy (non-hydrogen) atoms. The van der Waals surface area contributed by atoms with Crippen LogP contribution in [-0.2, 0) is 17.9 Å². The van der Waals surface area contributed by atoms with E-state index in [0.29, 0.717) is 6.54 Å². The third-order valence-corrected chi connectivity index (χ3v) is 5.17. The molecule has 4 rings (SSSR count). The van der Waals surface area contributed by atoms with Crippen LogP contribution >= 0.6 is 0 Å². The Morgan fingerprint density at radius 3 is 2.64 bits per heavy atom. The van der Waals surface area contributed by atoms with Crippen molar-refractivity contribution in [1.29, 1.82) is 0 Å². The molecule has 7 nitrogen and oxygen atoms in total. The van der Waals surface area contributed by atoms with Gasteiger partial charge in [-0.25, -0.2) is 0 Å². The van der Waals surface area contributed by atoms with Gasteiger partial charge in [-0.1, -0.05) is 6.07 Å². The first kappa shape index (κ1) is 16.2. The van der Waals surface area contributed by atoms with E-state index in [9.17, 15) is 4.79 Å². The third-order valence-electron chi connectivity index (χ3n) is 5.17. The lowest BCUT2D eigenvalue weighted by atomic mass is 10.1. The van der Waals surface area contributed by atoms with Crippen LogP contribution in [0.5, 0.6) is 0 Å². The van der Waals surface area contributed by atoms with Crippen LogP contribution in [0.2, 0.25) is 0 Å². The number of amides is 1. The Kier molecular flexibility index (Phi) is 4.25. The quantitative estimate of drug-likeness (QED) is 0.846. The number of fused-ring (bicyclic) bond motifs is 1. The molecule has 2 aliphatic rings. The number of carbonyl (C=O) groups excluding carboxylic acids is 1. The van der Waals surface area contributed by atoms with Gasteiger partial charge < -0.3 is 9.47 Å². The molecule has 0 bridgehead atoms. The van der Waals surface area contributed by atoms with Gasteiger partial charge in [-0.15, -0.1) is 10.2 Å². The molecule has 1 atom stereocenters. The second-order valence-electron chi connectivity index (χ2n) is 6.99. The van der Waals surface area contributed by atoms with Gasteiger partial charge in [0.05, 0.1) is 5.69 Å².